The lowest BCUT2D eigenvalue weighted by atomic mass is 9.94. The number of aryl methyl sites for hydroxylation is 2. The van der Waals surface area contributed by atoms with E-state index in [0.717, 1.165) is 17.0 Å². The van der Waals surface area contributed by atoms with Gasteiger partial charge in [0.15, 0.2) is 0 Å². The van der Waals surface area contributed by atoms with E-state index in [1.807, 2.05) is 50.2 Å². The summed E-state index contributed by atoms with van der Waals surface area (Å²) >= 11 is 1.63. The molecule has 2 aromatic rings. The van der Waals surface area contributed by atoms with Crippen molar-refractivity contribution in [3.63, 3.8) is 0 Å². The molecular formula is C21H28NO4PS. The van der Waals surface area contributed by atoms with Crippen molar-refractivity contribution < 1.29 is 19.1 Å². The first-order valence-corrected chi connectivity index (χ1v) is 11.8. The van der Waals surface area contributed by atoms with Crippen molar-refractivity contribution in [3.05, 3.63) is 51.7 Å². The van der Waals surface area contributed by atoms with Crippen LogP contribution < -0.4 is 10.5 Å². The van der Waals surface area contributed by atoms with Gasteiger partial charge in [0.05, 0.1) is 17.6 Å². The molecule has 0 bridgehead atoms. The van der Waals surface area contributed by atoms with Gasteiger partial charge in [-0.05, 0) is 57.4 Å². The van der Waals surface area contributed by atoms with E-state index in [0.29, 0.717) is 25.9 Å². The molecule has 2 rings (SSSR count). The number of hydrogen-bond acceptors (Lipinski definition) is 4. The fraction of sp³-hybridized carbons (Fsp3) is 0.429. The number of thiophene rings is 1. The molecule has 1 aromatic carbocycles. The van der Waals surface area contributed by atoms with E-state index >= 15 is 0 Å². The maximum Gasteiger partial charge on any atom is 0.325 e. The van der Waals surface area contributed by atoms with E-state index in [-0.39, 0.29) is 6.16 Å². The second-order valence-electron chi connectivity index (χ2n) is 7.27. The van der Waals surface area contributed by atoms with E-state index in [1.54, 1.807) is 11.3 Å². The van der Waals surface area contributed by atoms with Crippen LogP contribution in [0.2, 0.25) is 0 Å². The van der Waals surface area contributed by atoms with Crippen LogP contribution in [0, 0.1) is 18.8 Å². The van der Waals surface area contributed by atoms with E-state index in [2.05, 4.69) is 11.8 Å². The molecule has 0 aliphatic heterocycles. The predicted octanol–water partition coefficient (Wildman–Crippen LogP) is 4.09. The van der Waals surface area contributed by atoms with E-state index in [4.69, 9.17) is 20.3 Å². The lowest BCUT2D eigenvalue weighted by Gasteiger charge is -2.24. The molecule has 5 nitrogen and oxygen atoms in total. The number of hydrogen-bond donors (Lipinski definition) is 3. The minimum atomic E-state index is -4.00. The largest absolute Gasteiger partial charge is 0.493 e. The lowest BCUT2D eigenvalue weighted by molar-refractivity contribution is 0.327. The summed E-state index contributed by atoms with van der Waals surface area (Å²) in [7, 11) is -4.00. The summed E-state index contributed by atoms with van der Waals surface area (Å²) in [5.41, 5.74) is 6.78. The lowest BCUT2D eigenvalue weighted by Crippen LogP contribution is -2.37. The third kappa shape index (κ3) is 9.05. The maximum atomic E-state index is 11.0. The zero-order valence-electron chi connectivity index (χ0n) is 16.4. The van der Waals surface area contributed by atoms with Crippen molar-refractivity contribution in [3.8, 4) is 17.6 Å². The first-order chi connectivity index (χ1) is 13.1. The topological polar surface area (TPSA) is 92.8 Å². The van der Waals surface area contributed by atoms with Gasteiger partial charge >= 0.3 is 7.60 Å². The van der Waals surface area contributed by atoms with E-state index in [9.17, 15) is 4.57 Å². The highest BCUT2D eigenvalue weighted by Gasteiger charge is 2.23. The highest BCUT2D eigenvalue weighted by atomic mass is 32.1. The Morgan fingerprint density at radius 3 is 2.57 bits per heavy atom. The molecule has 0 spiro atoms. The Bertz CT molecular complexity index is 859. The zero-order chi connectivity index (χ0) is 20.6. The second-order valence-corrected chi connectivity index (χ2v) is 10.2. The van der Waals surface area contributed by atoms with Crippen molar-refractivity contribution >= 4 is 18.9 Å². The Morgan fingerprint density at radius 1 is 1.18 bits per heavy atom. The standard InChI is InChI=1S/C21H28NO4PS/c1-17-6-8-18(9-7-17)26-15-4-3-5-19-10-11-20(28-19)12-13-21(2,22)14-16-27(23,24)25/h6-11H,4,12-16,22H2,1-2H3,(H2,23,24,25). The van der Waals surface area contributed by atoms with Crippen LogP contribution in [-0.2, 0) is 11.0 Å². The molecule has 152 valence electrons. The molecule has 0 aliphatic carbocycles. The van der Waals surface area contributed by atoms with Crippen molar-refractivity contribution in [1.82, 2.24) is 0 Å². The van der Waals surface area contributed by atoms with Crippen LogP contribution in [0.3, 0.4) is 0 Å². The van der Waals surface area contributed by atoms with E-state index < -0.39 is 13.1 Å². The first-order valence-electron chi connectivity index (χ1n) is 9.23. The SMILES string of the molecule is Cc1ccc(OCCC#Cc2ccc(CCC(C)(N)CCP(=O)(O)O)s2)cc1. The van der Waals surface area contributed by atoms with Crippen LogP contribution in [0.25, 0.3) is 0 Å². The average molecular weight is 421 g/mol. The molecule has 1 aromatic heterocycles. The average Bonchev–Trinajstić information content (AvgIpc) is 3.07. The van der Waals surface area contributed by atoms with Crippen molar-refractivity contribution in [2.24, 2.45) is 5.73 Å². The molecular weight excluding hydrogens is 393 g/mol. The van der Waals surface area contributed by atoms with Gasteiger partial charge in [0.1, 0.15) is 5.75 Å². The fourth-order valence-electron chi connectivity index (χ4n) is 2.52. The molecule has 1 atom stereocenters. The molecule has 0 amide bonds. The Kier molecular flexibility index (Phi) is 8.30. The number of rotatable bonds is 9. The quantitative estimate of drug-likeness (QED) is 0.322. The molecule has 0 fully saturated rings. The zero-order valence-corrected chi connectivity index (χ0v) is 18.1. The molecule has 0 radical (unpaired) electrons. The van der Waals surface area contributed by atoms with Crippen molar-refractivity contribution in [2.45, 2.75) is 45.1 Å². The van der Waals surface area contributed by atoms with Gasteiger partial charge in [0.25, 0.3) is 0 Å². The molecule has 1 unspecified atom stereocenters. The second kappa shape index (κ2) is 10.2. The fourth-order valence-corrected chi connectivity index (χ4v) is 4.20. The van der Waals surface area contributed by atoms with Gasteiger partial charge in [-0.1, -0.05) is 29.5 Å². The monoisotopic (exact) mass is 421 g/mol. The highest BCUT2D eigenvalue weighted by Crippen LogP contribution is 2.37. The van der Waals surface area contributed by atoms with Gasteiger partial charge in [0, 0.05) is 16.8 Å². The predicted molar refractivity (Wildman–Crippen MR) is 115 cm³/mol. The van der Waals surface area contributed by atoms with Crippen LogP contribution in [0.1, 0.15) is 41.5 Å². The summed E-state index contributed by atoms with van der Waals surface area (Å²) in [5.74, 6) is 7.14. The normalized spacial score (nSPS) is 13.5. The third-order valence-electron chi connectivity index (χ3n) is 4.31. The van der Waals surface area contributed by atoms with Gasteiger partial charge < -0.3 is 20.3 Å². The summed E-state index contributed by atoms with van der Waals surface area (Å²) in [6.07, 6.45) is 2.23. The van der Waals surface area contributed by atoms with Gasteiger partial charge in [-0.2, -0.15) is 0 Å². The summed E-state index contributed by atoms with van der Waals surface area (Å²) in [6, 6.07) is 12.0. The molecule has 0 saturated heterocycles. The number of benzene rings is 1. The molecule has 28 heavy (non-hydrogen) atoms. The minimum absolute atomic E-state index is 0.175. The van der Waals surface area contributed by atoms with Crippen LogP contribution >= 0.6 is 18.9 Å². The smallest absolute Gasteiger partial charge is 0.325 e. The molecule has 4 N–H and O–H groups in total. The molecule has 1 heterocycles. The van der Waals surface area contributed by atoms with Gasteiger partial charge in [-0.3, -0.25) is 4.57 Å². The van der Waals surface area contributed by atoms with Gasteiger partial charge in [0.2, 0.25) is 0 Å². The maximum absolute atomic E-state index is 11.0. The Hall–Kier alpha value is -1.61. The Balaban J connectivity index is 1.74. The molecule has 7 heteroatoms. The van der Waals surface area contributed by atoms with Crippen molar-refractivity contribution in [2.75, 3.05) is 12.8 Å². The summed E-state index contributed by atoms with van der Waals surface area (Å²) in [5, 5.41) is 0. The molecule has 0 aliphatic rings. The first kappa shape index (κ1) is 22.7. The number of nitrogens with two attached hydrogens (primary N) is 1. The molecule has 0 saturated carbocycles. The summed E-state index contributed by atoms with van der Waals surface area (Å²) in [4.78, 5) is 20.2. The Labute approximate surface area is 171 Å². The van der Waals surface area contributed by atoms with Crippen LogP contribution in [0.15, 0.2) is 36.4 Å². The van der Waals surface area contributed by atoms with Crippen LogP contribution in [0.5, 0.6) is 5.75 Å². The number of ether oxygens (including phenoxy) is 1. The van der Waals surface area contributed by atoms with E-state index in [1.165, 1.54) is 10.4 Å². The Morgan fingerprint density at radius 2 is 1.89 bits per heavy atom. The third-order valence-corrected chi connectivity index (χ3v) is 6.17. The van der Waals surface area contributed by atoms with Crippen molar-refractivity contribution in [1.29, 1.82) is 0 Å². The minimum Gasteiger partial charge on any atom is -0.493 e. The van der Waals surface area contributed by atoms with Crippen LogP contribution in [-0.4, -0.2) is 28.1 Å². The van der Waals surface area contributed by atoms with Gasteiger partial charge in [-0.15, -0.1) is 11.3 Å². The highest BCUT2D eigenvalue weighted by molar-refractivity contribution is 7.51. The van der Waals surface area contributed by atoms with Gasteiger partial charge in [-0.25, -0.2) is 0 Å². The van der Waals surface area contributed by atoms with Crippen LogP contribution in [0.4, 0.5) is 0 Å². The summed E-state index contributed by atoms with van der Waals surface area (Å²) < 4.78 is 16.7. The summed E-state index contributed by atoms with van der Waals surface area (Å²) in [6.45, 7) is 4.44.